The summed E-state index contributed by atoms with van der Waals surface area (Å²) in [5, 5.41) is 0. The second kappa shape index (κ2) is 7.73. The van der Waals surface area contributed by atoms with E-state index in [1.54, 1.807) is 18.2 Å². The van der Waals surface area contributed by atoms with Crippen molar-refractivity contribution >= 4 is 16.1 Å². The molecule has 1 aromatic rings. The monoisotopic (exact) mass is 410 g/mol. The van der Waals surface area contributed by atoms with E-state index in [4.69, 9.17) is 14.2 Å². The zero-order chi connectivity index (χ0) is 20.6. The molecule has 0 unspecified atom stereocenters. The van der Waals surface area contributed by atoms with Crippen LogP contribution in [0.5, 0.6) is 0 Å². The normalized spacial score (nSPS) is 22.5. The predicted molar refractivity (Wildman–Crippen MR) is 102 cm³/mol. The molecule has 3 rings (SSSR count). The fourth-order valence-electron chi connectivity index (χ4n) is 3.43. The maximum atomic E-state index is 13.4. The quantitative estimate of drug-likeness (QED) is 0.669. The van der Waals surface area contributed by atoms with Crippen molar-refractivity contribution in [3.63, 3.8) is 0 Å². The summed E-state index contributed by atoms with van der Waals surface area (Å²) in [5.74, 6) is 0.430. The van der Waals surface area contributed by atoms with Gasteiger partial charge < -0.3 is 14.2 Å². The Morgan fingerprint density at radius 2 is 1.75 bits per heavy atom. The molecule has 2 aliphatic heterocycles. The number of carbonyl (C=O) groups excluding carboxylic acids is 1. The minimum Gasteiger partial charge on any atom is -0.477 e. The zero-order valence-electron chi connectivity index (χ0n) is 16.7. The number of fused-ring (bicyclic) bond motifs is 1. The van der Waals surface area contributed by atoms with E-state index < -0.39 is 28.4 Å². The van der Waals surface area contributed by atoms with E-state index in [-0.39, 0.29) is 16.9 Å². The molecule has 2 aliphatic rings. The first-order chi connectivity index (χ1) is 13.2. The molecule has 154 valence electrons. The number of carbonyl (C=O) groups is 1. The molecular formula is C19H26N2O6S. The van der Waals surface area contributed by atoms with Crippen molar-refractivity contribution in [3.05, 3.63) is 41.8 Å². The van der Waals surface area contributed by atoms with E-state index >= 15 is 0 Å². The molecule has 2 atom stereocenters. The molecule has 1 aromatic carbocycles. The Hall–Kier alpha value is -2.10. The third-order valence-corrected chi connectivity index (χ3v) is 6.83. The van der Waals surface area contributed by atoms with E-state index in [1.807, 2.05) is 20.8 Å². The van der Waals surface area contributed by atoms with E-state index in [0.717, 1.165) is 9.87 Å². The van der Waals surface area contributed by atoms with Gasteiger partial charge >= 0.3 is 6.03 Å². The van der Waals surface area contributed by atoms with Crippen LogP contribution in [-0.2, 0) is 24.2 Å². The first-order valence-electron chi connectivity index (χ1n) is 9.07. The average molecular weight is 410 g/mol. The number of rotatable bonds is 6. The van der Waals surface area contributed by atoms with Crippen molar-refractivity contribution in [1.29, 1.82) is 0 Å². The molecule has 0 aliphatic carbocycles. The van der Waals surface area contributed by atoms with Crippen molar-refractivity contribution in [2.75, 3.05) is 20.8 Å². The summed E-state index contributed by atoms with van der Waals surface area (Å²) >= 11 is 0. The van der Waals surface area contributed by atoms with E-state index in [1.165, 1.54) is 31.3 Å². The molecule has 0 bridgehead atoms. The Balaban J connectivity index is 2.12. The summed E-state index contributed by atoms with van der Waals surface area (Å²) in [6.45, 7) is 6.09. The van der Waals surface area contributed by atoms with Gasteiger partial charge in [-0.2, -0.15) is 0 Å². The van der Waals surface area contributed by atoms with Gasteiger partial charge in [-0.15, -0.1) is 0 Å². The minimum atomic E-state index is -4.15. The third kappa shape index (κ3) is 3.38. The Bertz CT molecular complexity index is 861. The molecule has 0 aromatic heterocycles. The van der Waals surface area contributed by atoms with Crippen LogP contribution >= 0.6 is 0 Å². The van der Waals surface area contributed by atoms with Gasteiger partial charge in [0.2, 0.25) is 0 Å². The SMILES string of the molecule is COC(OC)[C@H]1C=C2OC[C@H](C(C)C)N2C(=O)N1S(=O)(=O)c1ccc(C)cc1. The smallest absolute Gasteiger partial charge is 0.341 e. The van der Waals surface area contributed by atoms with Crippen molar-refractivity contribution in [1.82, 2.24) is 9.21 Å². The topological polar surface area (TPSA) is 85.4 Å². The summed E-state index contributed by atoms with van der Waals surface area (Å²) in [5.41, 5.74) is 0.919. The molecular weight excluding hydrogens is 384 g/mol. The molecule has 0 spiro atoms. The fourth-order valence-corrected chi connectivity index (χ4v) is 4.91. The van der Waals surface area contributed by atoms with Crippen LogP contribution in [0.1, 0.15) is 19.4 Å². The summed E-state index contributed by atoms with van der Waals surface area (Å²) in [6, 6.07) is 4.45. The molecule has 2 heterocycles. The average Bonchev–Trinajstić information content (AvgIpc) is 3.07. The summed E-state index contributed by atoms with van der Waals surface area (Å²) in [7, 11) is -1.36. The molecule has 2 amide bonds. The standard InChI is InChI=1S/C19H26N2O6S/c1-12(2)16-11-27-17-10-15(18(25-4)26-5)21(19(22)20(16)17)28(23,24)14-8-6-13(3)7-9-14/h6-10,12,15-16,18H,11H2,1-5H3/t15-,16-/m1/s1. The Kier molecular flexibility index (Phi) is 5.69. The molecule has 1 saturated heterocycles. The maximum absolute atomic E-state index is 13.4. The van der Waals surface area contributed by atoms with Crippen LogP contribution in [0.15, 0.2) is 41.1 Å². The highest BCUT2D eigenvalue weighted by Gasteiger charge is 2.50. The molecule has 8 nitrogen and oxygen atoms in total. The number of aryl methyl sites for hydroxylation is 1. The van der Waals surface area contributed by atoms with Crippen LogP contribution in [0.2, 0.25) is 0 Å². The number of ether oxygens (including phenoxy) is 3. The van der Waals surface area contributed by atoms with Gasteiger partial charge in [-0.3, -0.25) is 4.90 Å². The number of benzene rings is 1. The van der Waals surface area contributed by atoms with Crippen LogP contribution < -0.4 is 0 Å². The van der Waals surface area contributed by atoms with Crippen LogP contribution in [0.4, 0.5) is 4.79 Å². The third-order valence-electron chi connectivity index (χ3n) is 5.04. The van der Waals surface area contributed by atoms with E-state index in [0.29, 0.717) is 12.5 Å². The summed E-state index contributed by atoms with van der Waals surface area (Å²) in [6.07, 6.45) is 0.605. The molecule has 0 saturated carbocycles. The number of nitrogens with zero attached hydrogens (tertiary/aromatic N) is 2. The number of hydrogen-bond acceptors (Lipinski definition) is 6. The minimum absolute atomic E-state index is 0.0282. The van der Waals surface area contributed by atoms with Gasteiger partial charge in [-0.25, -0.2) is 17.5 Å². The Labute approximate surface area is 165 Å². The van der Waals surface area contributed by atoms with Crippen molar-refractivity contribution in [2.45, 2.75) is 44.0 Å². The van der Waals surface area contributed by atoms with Gasteiger partial charge in [0.1, 0.15) is 12.6 Å². The van der Waals surface area contributed by atoms with Crippen LogP contribution in [0.3, 0.4) is 0 Å². The van der Waals surface area contributed by atoms with Gasteiger partial charge in [0.05, 0.1) is 10.9 Å². The molecule has 9 heteroatoms. The van der Waals surface area contributed by atoms with Gasteiger partial charge in [0.15, 0.2) is 12.2 Å². The van der Waals surface area contributed by atoms with Gasteiger partial charge in [0.25, 0.3) is 10.0 Å². The van der Waals surface area contributed by atoms with Gasteiger partial charge in [-0.05, 0) is 25.0 Å². The maximum Gasteiger partial charge on any atom is 0.341 e. The predicted octanol–water partition coefficient (Wildman–Crippen LogP) is 2.31. The fraction of sp³-hybridized carbons (Fsp3) is 0.526. The lowest BCUT2D eigenvalue weighted by Crippen LogP contribution is -2.59. The van der Waals surface area contributed by atoms with E-state index in [2.05, 4.69) is 0 Å². The number of amides is 2. The molecule has 1 fully saturated rings. The van der Waals surface area contributed by atoms with Crippen molar-refractivity contribution in [3.8, 4) is 0 Å². The lowest BCUT2D eigenvalue weighted by Gasteiger charge is -2.40. The van der Waals surface area contributed by atoms with Crippen LogP contribution in [-0.4, -0.2) is 62.9 Å². The first kappa shape index (κ1) is 20.6. The van der Waals surface area contributed by atoms with Crippen LogP contribution in [0, 0.1) is 12.8 Å². The highest BCUT2D eigenvalue weighted by atomic mass is 32.2. The lowest BCUT2D eigenvalue weighted by atomic mass is 10.0. The lowest BCUT2D eigenvalue weighted by molar-refractivity contribution is -0.124. The first-order valence-corrected chi connectivity index (χ1v) is 10.5. The Morgan fingerprint density at radius 1 is 1.14 bits per heavy atom. The largest absolute Gasteiger partial charge is 0.477 e. The molecule has 0 N–H and O–H groups in total. The number of urea groups is 1. The van der Waals surface area contributed by atoms with Crippen molar-refractivity contribution in [2.24, 2.45) is 5.92 Å². The second-order valence-electron chi connectivity index (χ2n) is 7.22. The zero-order valence-corrected chi connectivity index (χ0v) is 17.5. The molecule has 0 radical (unpaired) electrons. The number of methoxy groups -OCH3 is 2. The number of hydrogen-bond donors (Lipinski definition) is 0. The van der Waals surface area contributed by atoms with Gasteiger partial charge in [-0.1, -0.05) is 31.5 Å². The molecule has 28 heavy (non-hydrogen) atoms. The van der Waals surface area contributed by atoms with Gasteiger partial charge in [0, 0.05) is 20.3 Å². The van der Waals surface area contributed by atoms with E-state index in [9.17, 15) is 13.2 Å². The van der Waals surface area contributed by atoms with Crippen LogP contribution in [0.25, 0.3) is 0 Å². The Morgan fingerprint density at radius 3 is 2.29 bits per heavy atom. The number of sulfonamides is 1. The van der Waals surface area contributed by atoms with Crippen molar-refractivity contribution < 1.29 is 27.4 Å². The second-order valence-corrected chi connectivity index (χ2v) is 9.04. The summed E-state index contributed by atoms with van der Waals surface area (Å²) < 4.78 is 43.9. The highest BCUT2D eigenvalue weighted by Crippen LogP contribution is 2.36. The highest BCUT2D eigenvalue weighted by molar-refractivity contribution is 7.89. The summed E-state index contributed by atoms with van der Waals surface area (Å²) in [4.78, 5) is 14.8.